The fourth-order valence-electron chi connectivity index (χ4n) is 6.75. The minimum atomic E-state index is 0.146. The van der Waals surface area contributed by atoms with Gasteiger partial charge in [0.2, 0.25) is 0 Å². The third kappa shape index (κ3) is 3.85. The highest BCUT2D eigenvalue weighted by molar-refractivity contribution is 7.80. The fourth-order valence-corrected chi connectivity index (χ4v) is 6.97. The van der Waals surface area contributed by atoms with E-state index in [0.717, 1.165) is 53.3 Å². The molecule has 29 heavy (non-hydrogen) atoms. The lowest BCUT2D eigenvalue weighted by Gasteiger charge is -2.54. The van der Waals surface area contributed by atoms with Crippen LogP contribution in [0.3, 0.4) is 0 Å². The van der Waals surface area contributed by atoms with Gasteiger partial charge in [-0.1, -0.05) is 31.0 Å². The van der Waals surface area contributed by atoms with E-state index in [9.17, 15) is 4.79 Å². The first-order valence-corrected chi connectivity index (χ1v) is 12.4. The molecule has 0 atom stereocenters. The average Bonchev–Trinajstić information content (AvgIpc) is 3.09. The van der Waals surface area contributed by atoms with Crippen molar-refractivity contribution in [2.24, 2.45) is 23.7 Å². The van der Waals surface area contributed by atoms with Crippen molar-refractivity contribution in [1.82, 2.24) is 9.88 Å². The summed E-state index contributed by atoms with van der Waals surface area (Å²) in [7, 11) is 0. The van der Waals surface area contributed by atoms with Gasteiger partial charge in [0.15, 0.2) is 0 Å². The lowest BCUT2D eigenvalue weighted by molar-refractivity contribution is -0.0119. The summed E-state index contributed by atoms with van der Waals surface area (Å²) in [4.78, 5) is 13.3. The monoisotopic (exact) mass is 410 g/mol. The molecule has 0 unspecified atom stereocenters. The van der Waals surface area contributed by atoms with Crippen molar-refractivity contribution < 1.29 is 4.79 Å². The zero-order valence-electron chi connectivity index (χ0n) is 17.4. The lowest BCUT2D eigenvalue weighted by atomic mass is 9.54. The highest BCUT2D eigenvalue weighted by Crippen LogP contribution is 2.53. The summed E-state index contributed by atoms with van der Waals surface area (Å²) in [6.07, 6.45) is 13.7. The minimum Gasteiger partial charge on any atom is -0.349 e. The Bertz CT molecular complexity index is 845. The SMILES string of the molecule is O=C(NC1C2CC3CC(C2)CC1C3)c1cn(CCCCCCS)c2ccccc12. The molecule has 4 fully saturated rings. The number of rotatable bonds is 8. The van der Waals surface area contributed by atoms with Crippen LogP contribution in [0.5, 0.6) is 0 Å². The third-order valence-electron chi connectivity index (χ3n) is 7.86. The predicted molar refractivity (Wildman–Crippen MR) is 123 cm³/mol. The van der Waals surface area contributed by atoms with Gasteiger partial charge in [0.05, 0.1) is 5.56 Å². The highest BCUT2D eigenvalue weighted by Gasteiger charge is 2.48. The molecule has 4 aliphatic carbocycles. The highest BCUT2D eigenvalue weighted by atomic mass is 32.1. The number of amides is 1. The van der Waals surface area contributed by atoms with Crippen molar-refractivity contribution in [2.45, 2.75) is 70.4 Å². The van der Waals surface area contributed by atoms with Crippen molar-refractivity contribution >= 4 is 29.4 Å². The molecule has 1 aromatic heterocycles. The number of aryl methyl sites for hydroxylation is 1. The van der Waals surface area contributed by atoms with Gasteiger partial charge in [-0.25, -0.2) is 0 Å². The van der Waals surface area contributed by atoms with Crippen LogP contribution in [0, 0.1) is 23.7 Å². The molecule has 4 bridgehead atoms. The third-order valence-corrected chi connectivity index (χ3v) is 8.18. The number of carbonyl (C=O) groups is 1. The number of hydrogen-bond donors (Lipinski definition) is 2. The van der Waals surface area contributed by atoms with Gasteiger partial charge in [0, 0.05) is 29.7 Å². The molecule has 0 aliphatic heterocycles. The van der Waals surface area contributed by atoms with E-state index in [1.54, 1.807) is 0 Å². The Morgan fingerprint density at radius 1 is 0.966 bits per heavy atom. The molecule has 1 amide bonds. The number of aromatic nitrogens is 1. The molecule has 1 N–H and O–H groups in total. The van der Waals surface area contributed by atoms with Crippen LogP contribution in [0.2, 0.25) is 0 Å². The van der Waals surface area contributed by atoms with Gasteiger partial charge in [-0.3, -0.25) is 4.79 Å². The zero-order chi connectivity index (χ0) is 19.8. The van der Waals surface area contributed by atoms with E-state index in [4.69, 9.17) is 0 Å². The van der Waals surface area contributed by atoms with Gasteiger partial charge < -0.3 is 9.88 Å². The molecule has 4 saturated carbocycles. The first-order valence-electron chi connectivity index (χ1n) is 11.7. The van der Waals surface area contributed by atoms with Crippen molar-refractivity contribution in [3.63, 3.8) is 0 Å². The Balaban J connectivity index is 1.31. The van der Waals surface area contributed by atoms with Crippen molar-refractivity contribution in [3.05, 3.63) is 36.0 Å². The first-order chi connectivity index (χ1) is 14.2. The Labute approximate surface area is 180 Å². The quantitative estimate of drug-likeness (QED) is 0.426. The summed E-state index contributed by atoms with van der Waals surface area (Å²) in [5.41, 5.74) is 2.06. The Morgan fingerprint density at radius 3 is 2.38 bits per heavy atom. The van der Waals surface area contributed by atoms with Crippen LogP contribution in [-0.2, 0) is 6.54 Å². The smallest absolute Gasteiger partial charge is 0.253 e. The first kappa shape index (κ1) is 19.5. The molecule has 1 aromatic carbocycles. The number of nitrogens with zero attached hydrogens (tertiary/aromatic N) is 1. The number of thiol groups is 1. The van der Waals surface area contributed by atoms with E-state index in [1.807, 2.05) is 0 Å². The molecule has 156 valence electrons. The van der Waals surface area contributed by atoms with Gasteiger partial charge in [-0.15, -0.1) is 0 Å². The van der Waals surface area contributed by atoms with Crippen LogP contribution in [0.15, 0.2) is 30.5 Å². The molecule has 6 rings (SSSR count). The van der Waals surface area contributed by atoms with E-state index in [0.29, 0.717) is 6.04 Å². The summed E-state index contributed by atoms with van der Waals surface area (Å²) >= 11 is 4.30. The number of fused-ring (bicyclic) bond motifs is 1. The molecule has 3 nitrogen and oxygen atoms in total. The van der Waals surface area contributed by atoms with Gasteiger partial charge in [-0.05, 0) is 80.4 Å². The Hall–Kier alpha value is -1.42. The number of carbonyl (C=O) groups excluding carboxylic acids is 1. The van der Waals surface area contributed by atoms with Crippen LogP contribution in [0.1, 0.15) is 68.1 Å². The van der Waals surface area contributed by atoms with Crippen LogP contribution in [0.25, 0.3) is 10.9 Å². The van der Waals surface area contributed by atoms with E-state index in [1.165, 1.54) is 56.9 Å². The molecule has 0 radical (unpaired) electrons. The summed E-state index contributed by atoms with van der Waals surface area (Å²) in [6.45, 7) is 0.985. The Kier molecular flexibility index (Phi) is 5.64. The number of unbranched alkanes of at least 4 members (excludes halogenated alkanes) is 3. The molecule has 0 spiro atoms. The van der Waals surface area contributed by atoms with E-state index >= 15 is 0 Å². The normalized spacial score (nSPS) is 30.2. The molecule has 1 heterocycles. The summed E-state index contributed by atoms with van der Waals surface area (Å²) < 4.78 is 2.29. The van der Waals surface area contributed by atoms with Gasteiger partial charge in [-0.2, -0.15) is 12.6 Å². The number of para-hydroxylation sites is 1. The molecule has 2 aromatic rings. The van der Waals surface area contributed by atoms with Crippen LogP contribution in [0.4, 0.5) is 0 Å². The largest absolute Gasteiger partial charge is 0.349 e. The number of hydrogen-bond acceptors (Lipinski definition) is 2. The summed E-state index contributed by atoms with van der Waals surface area (Å²) in [5.74, 6) is 4.44. The summed E-state index contributed by atoms with van der Waals surface area (Å²) in [5, 5.41) is 4.61. The van der Waals surface area contributed by atoms with Gasteiger partial charge in [0.1, 0.15) is 0 Å². The lowest BCUT2D eigenvalue weighted by Crippen LogP contribution is -2.55. The van der Waals surface area contributed by atoms with Crippen molar-refractivity contribution in [2.75, 3.05) is 5.75 Å². The van der Waals surface area contributed by atoms with Crippen LogP contribution in [-0.4, -0.2) is 22.3 Å². The number of nitrogens with one attached hydrogen (secondary N) is 1. The molecule has 4 aliphatic rings. The van der Waals surface area contributed by atoms with Crippen molar-refractivity contribution in [3.8, 4) is 0 Å². The number of benzene rings is 1. The second kappa shape index (κ2) is 8.37. The average molecular weight is 411 g/mol. The summed E-state index contributed by atoms with van der Waals surface area (Å²) in [6, 6.07) is 8.80. The van der Waals surface area contributed by atoms with E-state index in [-0.39, 0.29) is 5.91 Å². The predicted octanol–water partition coefficient (Wildman–Crippen LogP) is 5.69. The van der Waals surface area contributed by atoms with Gasteiger partial charge >= 0.3 is 0 Å². The molecule has 4 heteroatoms. The second-order valence-electron chi connectivity index (χ2n) is 9.82. The van der Waals surface area contributed by atoms with Gasteiger partial charge in [0.25, 0.3) is 5.91 Å². The van der Waals surface area contributed by atoms with Crippen molar-refractivity contribution in [1.29, 1.82) is 0 Å². The van der Waals surface area contributed by atoms with Crippen LogP contribution < -0.4 is 5.32 Å². The topological polar surface area (TPSA) is 34.0 Å². The van der Waals surface area contributed by atoms with E-state index in [2.05, 4.69) is 53.0 Å². The zero-order valence-corrected chi connectivity index (χ0v) is 18.2. The molecule has 0 saturated heterocycles. The second-order valence-corrected chi connectivity index (χ2v) is 10.3. The Morgan fingerprint density at radius 2 is 1.66 bits per heavy atom. The van der Waals surface area contributed by atoms with E-state index < -0.39 is 0 Å². The molecular formula is C25H34N2OS. The maximum Gasteiger partial charge on any atom is 0.253 e. The maximum atomic E-state index is 13.3. The minimum absolute atomic E-state index is 0.146. The molecular weight excluding hydrogens is 376 g/mol. The van der Waals surface area contributed by atoms with Crippen LogP contribution >= 0.6 is 12.6 Å². The fraction of sp³-hybridized carbons (Fsp3) is 0.640. The standard InChI is InChI=1S/C25H34N2OS/c28-25(26-24-19-12-17-11-18(14-19)15-20(24)13-17)22-16-27(9-5-1-2-6-10-29)23-8-4-3-7-21(22)23/h3-4,7-8,16-20,24,29H,1-2,5-6,9-15H2,(H,26,28). The maximum absolute atomic E-state index is 13.3.